The van der Waals surface area contributed by atoms with Crippen molar-refractivity contribution in [3.05, 3.63) is 57.5 Å². The largest absolute Gasteiger partial charge is 0.369 e. The molecule has 0 bridgehead atoms. The lowest BCUT2D eigenvalue weighted by Crippen LogP contribution is -2.44. The van der Waals surface area contributed by atoms with E-state index in [-0.39, 0.29) is 22.5 Å². The topological polar surface area (TPSA) is 67.2 Å². The van der Waals surface area contributed by atoms with Gasteiger partial charge in [0.2, 0.25) is 5.91 Å². The summed E-state index contributed by atoms with van der Waals surface area (Å²) in [5, 5.41) is 7.42. The number of nitrogens with zero attached hydrogens (tertiary/aromatic N) is 3. The van der Waals surface area contributed by atoms with E-state index in [1.165, 1.54) is 11.6 Å². The van der Waals surface area contributed by atoms with Crippen LogP contribution in [-0.2, 0) is 11.3 Å². The standard InChI is InChI=1S/C18H21ClN4O2/c1-13(24)21-15-7-9-22(10-8-15)16-11-20-23(18(25)17(16)19)12-14-5-3-2-4-6-14/h2-6,11,15H,7-10,12H2,1H3,(H,21,24). The molecule has 0 radical (unpaired) electrons. The van der Waals surface area contributed by atoms with Gasteiger partial charge in [0.05, 0.1) is 18.4 Å². The number of carbonyl (C=O) groups excluding carboxylic acids is 1. The van der Waals surface area contributed by atoms with Crippen molar-refractivity contribution in [2.24, 2.45) is 0 Å². The van der Waals surface area contributed by atoms with Gasteiger partial charge in [-0.1, -0.05) is 41.9 Å². The van der Waals surface area contributed by atoms with Crippen molar-refractivity contribution in [2.45, 2.75) is 32.4 Å². The van der Waals surface area contributed by atoms with Gasteiger partial charge in [-0.3, -0.25) is 9.59 Å². The van der Waals surface area contributed by atoms with Crippen LogP contribution in [0.25, 0.3) is 0 Å². The molecule has 0 atom stereocenters. The van der Waals surface area contributed by atoms with Crippen LogP contribution >= 0.6 is 11.6 Å². The molecule has 1 fully saturated rings. The molecule has 1 N–H and O–H groups in total. The molecule has 0 saturated carbocycles. The summed E-state index contributed by atoms with van der Waals surface area (Å²) < 4.78 is 1.38. The Hall–Kier alpha value is -2.34. The first kappa shape index (κ1) is 17.5. The van der Waals surface area contributed by atoms with E-state index in [1.807, 2.05) is 30.3 Å². The zero-order chi connectivity index (χ0) is 17.8. The van der Waals surface area contributed by atoms with Gasteiger partial charge in [-0.25, -0.2) is 4.68 Å². The molecule has 2 heterocycles. The number of rotatable bonds is 4. The molecule has 25 heavy (non-hydrogen) atoms. The van der Waals surface area contributed by atoms with Crippen LogP contribution in [0.4, 0.5) is 5.69 Å². The summed E-state index contributed by atoms with van der Waals surface area (Å²) in [6.45, 7) is 3.38. The van der Waals surface area contributed by atoms with Crippen molar-refractivity contribution in [3.8, 4) is 0 Å². The van der Waals surface area contributed by atoms with Crippen molar-refractivity contribution < 1.29 is 4.79 Å². The maximum Gasteiger partial charge on any atom is 0.287 e. The number of hydrogen-bond acceptors (Lipinski definition) is 4. The summed E-state index contributed by atoms with van der Waals surface area (Å²) >= 11 is 6.33. The lowest BCUT2D eigenvalue weighted by atomic mass is 10.0. The molecule has 0 aliphatic carbocycles. The second-order valence-electron chi connectivity index (χ2n) is 6.25. The van der Waals surface area contributed by atoms with Gasteiger partial charge in [0, 0.05) is 26.1 Å². The molecule has 6 nitrogen and oxygen atoms in total. The Morgan fingerprint density at radius 1 is 1.28 bits per heavy atom. The lowest BCUT2D eigenvalue weighted by molar-refractivity contribution is -0.119. The minimum atomic E-state index is -0.285. The highest BCUT2D eigenvalue weighted by Gasteiger charge is 2.23. The van der Waals surface area contributed by atoms with Crippen LogP contribution in [0.1, 0.15) is 25.3 Å². The number of halogens is 1. The van der Waals surface area contributed by atoms with Crippen LogP contribution in [0.3, 0.4) is 0 Å². The van der Waals surface area contributed by atoms with Crippen molar-refractivity contribution >= 4 is 23.2 Å². The molecule has 2 aromatic rings. The van der Waals surface area contributed by atoms with Gasteiger partial charge < -0.3 is 10.2 Å². The average Bonchev–Trinajstić information content (AvgIpc) is 2.61. The van der Waals surface area contributed by atoms with Crippen molar-refractivity contribution in [2.75, 3.05) is 18.0 Å². The molecular weight excluding hydrogens is 340 g/mol. The zero-order valence-corrected chi connectivity index (χ0v) is 14.9. The van der Waals surface area contributed by atoms with E-state index in [0.29, 0.717) is 12.2 Å². The number of amides is 1. The number of hydrogen-bond donors (Lipinski definition) is 1. The third-order valence-electron chi connectivity index (χ3n) is 4.38. The van der Waals surface area contributed by atoms with Gasteiger partial charge in [-0.05, 0) is 18.4 Å². The Kier molecular flexibility index (Phi) is 5.38. The SMILES string of the molecule is CC(=O)NC1CCN(c2cnn(Cc3ccccc3)c(=O)c2Cl)CC1. The van der Waals surface area contributed by atoms with Gasteiger partial charge >= 0.3 is 0 Å². The first-order valence-corrected chi connectivity index (χ1v) is 8.74. The van der Waals surface area contributed by atoms with Crippen LogP contribution in [0, 0.1) is 0 Å². The molecular formula is C18H21ClN4O2. The Balaban J connectivity index is 1.73. The highest BCUT2D eigenvalue weighted by atomic mass is 35.5. The Bertz CT molecular complexity index is 798. The van der Waals surface area contributed by atoms with E-state index >= 15 is 0 Å². The summed E-state index contributed by atoms with van der Waals surface area (Å²) in [6.07, 6.45) is 3.30. The molecule has 3 rings (SSSR count). The third kappa shape index (κ3) is 4.20. The summed E-state index contributed by atoms with van der Waals surface area (Å²) in [7, 11) is 0. The van der Waals surface area contributed by atoms with E-state index in [0.717, 1.165) is 31.5 Å². The average molecular weight is 361 g/mol. The Labute approximate surface area is 151 Å². The second kappa shape index (κ2) is 7.70. The highest BCUT2D eigenvalue weighted by molar-refractivity contribution is 6.33. The second-order valence-corrected chi connectivity index (χ2v) is 6.63. The maximum absolute atomic E-state index is 12.5. The van der Waals surface area contributed by atoms with Crippen LogP contribution in [0.5, 0.6) is 0 Å². The minimum Gasteiger partial charge on any atom is -0.369 e. The summed E-state index contributed by atoms with van der Waals surface area (Å²) in [5.41, 5.74) is 1.38. The molecule has 7 heteroatoms. The quantitative estimate of drug-likeness (QED) is 0.906. The summed E-state index contributed by atoms with van der Waals surface area (Å²) in [5.74, 6) is -0.0124. The van der Waals surface area contributed by atoms with Crippen molar-refractivity contribution in [1.29, 1.82) is 0 Å². The predicted octanol–water partition coefficient (Wildman–Crippen LogP) is 2.05. The third-order valence-corrected chi connectivity index (χ3v) is 4.74. The van der Waals surface area contributed by atoms with Gasteiger partial charge in [0.1, 0.15) is 5.02 Å². The molecule has 1 aliphatic heterocycles. The minimum absolute atomic E-state index is 0.0124. The number of carbonyl (C=O) groups is 1. The van der Waals surface area contributed by atoms with E-state index in [2.05, 4.69) is 15.3 Å². The smallest absolute Gasteiger partial charge is 0.287 e. The normalized spacial score (nSPS) is 15.2. The van der Waals surface area contributed by atoms with Gasteiger partial charge in [0.25, 0.3) is 5.56 Å². The Morgan fingerprint density at radius 2 is 1.96 bits per heavy atom. The van der Waals surface area contributed by atoms with E-state index in [9.17, 15) is 9.59 Å². The fraction of sp³-hybridized carbons (Fsp3) is 0.389. The zero-order valence-electron chi connectivity index (χ0n) is 14.1. The van der Waals surface area contributed by atoms with E-state index in [1.54, 1.807) is 6.20 Å². The molecule has 0 spiro atoms. The van der Waals surface area contributed by atoms with Crippen LogP contribution in [0.15, 0.2) is 41.3 Å². The highest BCUT2D eigenvalue weighted by Crippen LogP contribution is 2.24. The number of piperidine rings is 1. The number of nitrogens with one attached hydrogen (secondary N) is 1. The summed E-state index contributed by atoms with van der Waals surface area (Å²) in [6, 6.07) is 9.86. The van der Waals surface area contributed by atoms with Crippen molar-refractivity contribution in [1.82, 2.24) is 15.1 Å². The molecule has 0 unspecified atom stereocenters. The van der Waals surface area contributed by atoms with Crippen LogP contribution in [0.2, 0.25) is 5.02 Å². The fourth-order valence-electron chi connectivity index (χ4n) is 3.10. The number of benzene rings is 1. The van der Waals surface area contributed by atoms with Crippen LogP contribution < -0.4 is 15.8 Å². The van der Waals surface area contributed by atoms with Crippen molar-refractivity contribution in [3.63, 3.8) is 0 Å². The molecule has 1 aromatic carbocycles. The van der Waals surface area contributed by atoms with E-state index < -0.39 is 0 Å². The van der Waals surface area contributed by atoms with E-state index in [4.69, 9.17) is 11.6 Å². The first-order chi connectivity index (χ1) is 12.0. The molecule has 132 valence electrons. The number of anilines is 1. The molecule has 1 saturated heterocycles. The van der Waals surface area contributed by atoms with Gasteiger partial charge in [-0.15, -0.1) is 0 Å². The number of aromatic nitrogens is 2. The maximum atomic E-state index is 12.5. The van der Waals surface area contributed by atoms with Gasteiger partial charge in [0.15, 0.2) is 0 Å². The van der Waals surface area contributed by atoms with Crippen LogP contribution in [-0.4, -0.2) is 34.8 Å². The first-order valence-electron chi connectivity index (χ1n) is 8.36. The predicted molar refractivity (Wildman–Crippen MR) is 98.1 cm³/mol. The fourth-order valence-corrected chi connectivity index (χ4v) is 3.36. The lowest BCUT2D eigenvalue weighted by Gasteiger charge is -2.33. The molecule has 1 aromatic heterocycles. The molecule has 1 amide bonds. The molecule has 1 aliphatic rings. The Morgan fingerprint density at radius 3 is 2.60 bits per heavy atom. The summed E-state index contributed by atoms with van der Waals surface area (Å²) in [4.78, 5) is 25.7. The monoisotopic (exact) mass is 360 g/mol. The van der Waals surface area contributed by atoms with Gasteiger partial charge in [-0.2, -0.15) is 5.10 Å².